The highest BCUT2D eigenvalue weighted by Gasteiger charge is 2.31. The molecule has 0 spiro atoms. The molecular weight excluding hydrogens is 334 g/mol. The van der Waals surface area contributed by atoms with Gasteiger partial charge in [0.15, 0.2) is 0 Å². The zero-order chi connectivity index (χ0) is 15.5. The van der Waals surface area contributed by atoms with Crippen LogP contribution in [-0.4, -0.2) is 48.2 Å². The van der Waals surface area contributed by atoms with Crippen LogP contribution in [0.2, 0.25) is 0 Å². The standard InChI is InChI=1S/C12H18BrNO6/c1-3-19-11(17)10(12(18)20-4-2)14-9(16)6-5-8(15)7-13/h10H,3-7H2,1-2H3,(H,14,16). The summed E-state index contributed by atoms with van der Waals surface area (Å²) in [7, 11) is 0. The van der Waals surface area contributed by atoms with E-state index in [0.29, 0.717) is 0 Å². The molecule has 0 unspecified atom stereocenters. The summed E-state index contributed by atoms with van der Waals surface area (Å²) in [6.07, 6.45) is -0.0881. The van der Waals surface area contributed by atoms with Gasteiger partial charge in [-0.15, -0.1) is 0 Å². The Hall–Kier alpha value is -1.44. The number of hydrogen-bond acceptors (Lipinski definition) is 6. The van der Waals surface area contributed by atoms with Gasteiger partial charge in [0.25, 0.3) is 0 Å². The number of amides is 1. The second-order valence-corrected chi connectivity index (χ2v) is 4.24. The number of Topliss-reactive ketones (excluding diaryl/α,β-unsaturated/α-hetero) is 1. The molecule has 0 aromatic carbocycles. The van der Waals surface area contributed by atoms with Crippen molar-refractivity contribution >= 4 is 39.6 Å². The van der Waals surface area contributed by atoms with Crippen molar-refractivity contribution in [2.75, 3.05) is 18.5 Å². The first kappa shape index (κ1) is 18.6. The Kier molecular flexibility index (Phi) is 9.61. The Balaban J connectivity index is 4.55. The third-order valence-electron chi connectivity index (χ3n) is 2.13. The molecule has 0 saturated carbocycles. The maximum atomic E-state index is 11.6. The summed E-state index contributed by atoms with van der Waals surface area (Å²) in [6, 6.07) is -1.50. The smallest absolute Gasteiger partial charge is 0.340 e. The van der Waals surface area contributed by atoms with E-state index in [9.17, 15) is 19.2 Å². The number of ether oxygens (including phenoxy) is 2. The molecule has 0 atom stereocenters. The van der Waals surface area contributed by atoms with Crippen molar-refractivity contribution in [3.8, 4) is 0 Å². The topological polar surface area (TPSA) is 98.8 Å². The van der Waals surface area contributed by atoms with Gasteiger partial charge in [0.1, 0.15) is 5.78 Å². The van der Waals surface area contributed by atoms with Crippen molar-refractivity contribution in [2.45, 2.75) is 32.7 Å². The van der Waals surface area contributed by atoms with Crippen LogP contribution in [0.4, 0.5) is 0 Å². The summed E-state index contributed by atoms with van der Waals surface area (Å²) in [4.78, 5) is 45.8. The predicted molar refractivity (Wildman–Crippen MR) is 73.2 cm³/mol. The largest absolute Gasteiger partial charge is 0.464 e. The lowest BCUT2D eigenvalue weighted by molar-refractivity contribution is -0.159. The Labute approximate surface area is 125 Å². The molecule has 0 rings (SSSR count). The van der Waals surface area contributed by atoms with Crippen LogP contribution < -0.4 is 5.32 Å². The van der Waals surface area contributed by atoms with Crippen molar-refractivity contribution in [1.29, 1.82) is 0 Å². The zero-order valence-electron chi connectivity index (χ0n) is 11.4. The lowest BCUT2D eigenvalue weighted by Gasteiger charge is -2.15. The maximum Gasteiger partial charge on any atom is 0.340 e. The van der Waals surface area contributed by atoms with Crippen molar-refractivity contribution in [3.63, 3.8) is 0 Å². The SMILES string of the molecule is CCOC(=O)C(NC(=O)CCC(=O)CBr)C(=O)OCC. The van der Waals surface area contributed by atoms with Crippen molar-refractivity contribution in [1.82, 2.24) is 5.32 Å². The fourth-order valence-electron chi connectivity index (χ4n) is 1.22. The highest BCUT2D eigenvalue weighted by atomic mass is 79.9. The molecule has 114 valence electrons. The summed E-state index contributed by atoms with van der Waals surface area (Å²) >= 11 is 2.97. The molecule has 0 radical (unpaired) electrons. The maximum absolute atomic E-state index is 11.6. The molecule has 8 heteroatoms. The number of halogens is 1. The molecule has 20 heavy (non-hydrogen) atoms. The van der Waals surface area contributed by atoms with Crippen LogP contribution in [0.15, 0.2) is 0 Å². The number of carbonyl (C=O) groups excluding carboxylic acids is 4. The van der Waals surface area contributed by atoms with Crippen molar-refractivity contribution in [3.05, 3.63) is 0 Å². The summed E-state index contributed by atoms with van der Waals surface area (Å²) in [5.41, 5.74) is 0. The molecule has 7 nitrogen and oxygen atoms in total. The van der Waals surface area contributed by atoms with E-state index in [2.05, 4.69) is 21.2 Å². The van der Waals surface area contributed by atoms with Gasteiger partial charge < -0.3 is 14.8 Å². The average molecular weight is 352 g/mol. The fraction of sp³-hybridized carbons (Fsp3) is 0.667. The van der Waals surface area contributed by atoms with E-state index in [4.69, 9.17) is 9.47 Å². The summed E-state index contributed by atoms with van der Waals surface area (Å²) in [5, 5.41) is 2.36. The molecule has 0 aromatic heterocycles. The van der Waals surface area contributed by atoms with Gasteiger partial charge in [0.05, 0.1) is 18.5 Å². The quantitative estimate of drug-likeness (QED) is 0.365. The third-order valence-corrected chi connectivity index (χ3v) is 2.76. The van der Waals surface area contributed by atoms with E-state index in [1.807, 2.05) is 0 Å². The van der Waals surface area contributed by atoms with E-state index >= 15 is 0 Å². The molecule has 0 bridgehead atoms. The van der Waals surface area contributed by atoms with Gasteiger partial charge in [-0.25, -0.2) is 9.59 Å². The van der Waals surface area contributed by atoms with E-state index < -0.39 is 23.9 Å². The first-order chi connectivity index (χ1) is 9.46. The molecule has 0 aromatic rings. The number of rotatable bonds is 9. The molecule has 0 aliphatic heterocycles. The summed E-state index contributed by atoms with van der Waals surface area (Å²) in [6.45, 7) is 3.31. The zero-order valence-corrected chi connectivity index (χ0v) is 13.0. The Bertz CT molecular complexity index is 353. The molecule has 0 aliphatic rings. The first-order valence-electron chi connectivity index (χ1n) is 6.16. The lowest BCUT2D eigenvalue weighted by atomic mass is 10.2. The number of nitrogens with one attached hydrogen (secondary N) is 1. The van der Waals surface area contributed by atoms with Crippen molar-refractivity contribution < 1.29 is 28.7 Å². The number of esters is 2. The minimum Gasteiger partial charge on any atom is -0.464 e. The molecule has 0 saturated heterocycles. The number of hydrogen-bond donors (Lipinski definition) is 1. The minimum absolute atomic E-state index is 0.0233. The van der Waals surface area contributed by atoms with E-state index in [0.717, 1.165) is 0 Å². The number of ketones is 1. The van der Waals surface area contributed by atoms with E-state index in [1.165, 1.54) is 0 Å². The lowest BCUT2D eigenvalue weighted by Crippen LogP contribution is -2.48. The van der Waals surface area contributed by atoms with Crippen LogP contribution >= 0.6 is 15.9 Å². The molecular formula is C12H18BrNO6. The van der Waals surface area contributed by atoms with Gasteiger partial charge in [-0.3, -0.25) is 9.59 Å². The van der Waals surface area contributed by atoms with Crippen LogP contribution in [0.3, 0.4) is 0 Å². The van der Waals surface area contributed by atoms with Crippen LogP contribution in [0.5, 0.6) is 0 Å². The second kappa shape index (κ2) is 10.4. The molecule has 0 aliphatic carbocycles. The molecule has 1 amide bonds. The Morgan fingerprint density at radius 3 is 1.90 bits per heavy atom. The van der Waals surface area contributed by atoms with Crippen LogP contribution in [0.25, 0.3) is 0 Å². The molecule has 1 N–H and O–H groups in total. The van der Waals surface area contributed by atoms with Gasteiger partial charge in [0, 0.05) is 12.8 Å². The van der Waals surface area contributed by atoms with Crippen LogP contribution in [-0.2, 0) is 28.7 Å². The Morgan fingerprint density at radius 2 is 1.50 bits per heavy atom. The van der Waals surface area contributed by atoms with Gasteiger partial charge in [-0.1, -0.05) is 15.9 Å². The molecule has 0 fully saturated rings. The average Bonchev–Trinajstić information content (AvgIpc) is 2.42. The summed E-state index contributed by atoms with van der Waals surface area (Å²) in [5.74, 6) is -2.51. The fourth-order valence-corrected chi connectivity index (χ4v) is 1.50. The highest BCUT2D eigenvalue weighted by Crippen LogP contribution is 1.99. The second-order valence-electron chi connectivity index (χ2n) is 3.68. The monoisotopic (exact) mass is 351 g/mol. The van der Waals surface area contributed by atoms with Crippen LogP contribution in [0, 0.1) is 0 Å². The number of carbonyl (C=O) groups is 4. The van der Waals surface area contributed by atoms with Gasteiger partial charge >= 0.3 is 11.9 Å². The van der Waals surface area contributed by atoms with Gasteiger partial charge in [-0.05, 0) is 13.8 Å². The van der Waals surface area contributed by atoms with Crippen LogP contribution in [0.1, 0.15) is 26.7 Å². The van der Waals surface area contributed by atoms with E-state index in [1.54, 1.807) is 13.8 Å². The highest BCUT2D eigenvalue weighted by molar-refractivity contribution is 9.09. The van der Waals surface area contributed by atoms with Gasteiger partial charge in [-0.2, -0.15) is 0 Å². The third kappa shape index (κ3) is 7.22. The van der Waals surface area contributed by atoms with Gasteiger partial charge in [0.2, 0.25) is 11.9 Å². The molecule has 0 heterocycles. The Morgan fingerprint density at radius 1 is 1.00 bits per heavy atom. The number of alkyl halides is 1. The van der Waals surface area contributed by atoms with E-state index in [-0.39, 0.29) is 37.2 Å². The van der Waals surface area contributed by atoms with Crippen molar-refractivity contribution in [2.24, 2.45) is 0 Å². The summed E-state index contributed by atoms with van der Waals surface area (Å²) < 4.78 is 9.38. The normalized spacial score (nSPS) is 10.0. The first-order valence-corrected chi connectivity index (χ1v) is 7.28. The minimum atomic E-state index is -1.50. The predicted octanol–water partition coefficient (Wildman–Crippen LogP) is 0.342.